The van der Waals surface area contributed by atoms with E-state index in [1.807, 2.05) is 30.3 Å². The first kappa shape index (κ1) is 15.2. The highest BCUT2D eigenvalue weighted by Crippen LogP contribution is 2.27. The van der Waals surface area contributed by atoms with Gasteiger partial charge in [0.25, 0.3) is 0 Å². The maximum Gasteiger partial charge on any atom is 0.433 e. The predicted molar refractivity (Wildman–Crippen MR) is 71.7 cm³/mol. The molecule has 2 rings (SSSR count). The zero-order valence-corrected chi connectivity index (χ0v) is 11.0. The Morgan fingerprint density at radius 3 is 2.52 bits per heavy atom. The van der Waals surface area contributed by atoms with E-state index in [4.69, 9.17) is 0 Å². The van der Waals surface area contributed by atoms with Crippen molar-refractivity contribution >= 4 is 5.95 Å². The molecule has 0 amide bonds. The fourth-order valence-electron chi connectivity index (χ4n) is 1.77. The van der Waals surface area contributed by atoms with Gasteiger partial charge in [0.05, 0.1) is 6.10 Å². The smallest absolute Gasteiger partial charge is 0.391 e. The van der Waals surface area contributed by atoms with Crippen LogP contribution in [0.5, 0.6) is 0 Å². The number of rotatable bonds is 5. The summed E-state index contributed by atoms with van der Waals surface area (Å²) in [6, 6.07) is 10.1. The molecule has 0 saturated heterocycles. The third kappa shape index (κ3) is 4.71. The van der Waals surface area contributed by atoms with Gasteiger partial charge in [-0.1, -0.05) is 30.3 Å². The molecule has 0 aliphatic carbocycles. The summed E-state index contributed by atoms with van der Waals surface area (Å²) in [5.74, 6) is -0.156. The lowest BCUT2D eigenvalue weighted by atomic mass is 10.1. The van der Waals surface area contributed by atoms with E-state index in [0.29, 0.717) is 6.42 Å². The van der Waals surface area contributed by atoms with Crippen LogP contribution < -0.4 is 5.32 Å². The lowest BCUT2D eigenvalue weighted by molar-refractivity contribution is -0.141. The molecule has 0 radical (unpaired) electrons. The van der Waals surface area contributed by atoms with Crippen LogP contribution in [0.15, 0.2) is 42.6 Å². The van der Waals surface area contributed by atoms with Crippen LogP contribution in [-0.4, -0.2) is 27.7 Å². The Kier molecular flexibility index (Phi) is 4.74. The number of alkyl halides is 3. The van der Waals surface area contributed by atoms with Gasteiger partial charge in [-0.2, -0.15) is 13.2 Å². The number of anilines is 1. The number of benzene rings is 1. The van der Waals surface area contributed by atoms with Gasteiger partial charge < -0.3 is 10.4 Å². The highest BCUT2D eigenvalue weighted by atomic mass is 19.4. The first-order valence-electron chi connectivity index (χ1n) is 6.31. The Morgan fingerprint density at radius 2 is 1.86 bits per heavy atom. The van der Waals surface area contributed by atoms with Crippen molar-refractivity contribution in [2.45, 2.75) is 18.7 Å². The third-order valence-corrected chi connectivity index (χ3v) is 2.76. The van der Waals surface area contributed by atoms with Gasteiger partial charge in [-0.3, -0.25) is 0 Å². The molecule has 0 saturated carbocycles. The summed E-state index contributed by atoms with van der Waals surface area (Å²) in [5, 5.41) is 12.5. The molecule has 1 aromatic carbocycles. The van der Waals surface area contributed by atoms with E-state index in [0.717, 1.165) is 17.8 Å². The zero-order chi connectivity index (χ0) is 15.3. The van der Waals surface area contributed by atoms with E-state index in [2.05, 4.69) is 15.3 Å². The second-order valence-corrected chi connectivity index (χ2v) is 4.49. The molecule has 0 bridgehead atoms. The van der Waals surface area contributed by atoms with Crippen LogP contribution >= 0.6 is 0 Å². The molecule has 21 heavy (non-hydrogen) atoms. The summed E-state index contributed by atoms with van der Waals surface area (Å²) in [6.07, 6.45) is -3.83. The van der Waals surface area contributed by atoms with E-state index in [1.165, 1.54) is 0 Å². The Morgan fingerprint density at radius 1 is 1.14 bits per heavy atom. The van der Waals surface area contributed by atoms with Crippen molar-refractivity contribution in [3.63, 3.8) is 0 Å². The summed E-state index contributed by atoms with van der Waals surface area (Å²) in [4.78, 5) is 7.06. The van der Waals surface area contributed by atoms with Crippen molar-refractivity contribution in [3.8, 4) is 0 Å². The first-order valence-corrected chi connectivity index (χ1v) is 6.31. The number of aromatic nitrogens is 2. The number of hydrogen-bond acceptors (Lipinski definition) is 4. The summed E-state index contributed by atoms with van der Waals surface area (Å²) >= 11 is 0. The van der Waals surface area contributed by atoms with Crippen LogP contribution in [0, 0.1) is 0 Å². The summed E-state index contributed by atoms with van der Waals surface area (Å²) in [6.45, 7) is 0.0657. The topological polar surface area (TPSA) is 58.0 Å². The lowest BCUT2D eigenvalue weighted by Crippen LogP contribution is -2.23. The normalized spacial score (nSPS) is 13.0. The quantitative estimate of drug-likeness (QED) is 0.890. The molecule has 0 spiro atoms. The van der Waals surface area contributed by atoms with E-state index in [1.54, 1.807) is 0 Å². The molecule has 7 heteroatoms. The van der Waals surface area contributed by atoms with Crippen LogP contribution in [-0.2, 0) is 12.6 Å². The standard InChI is InChI=1S/C14H14F3N3O/c15-14(16,17)12-6-7-18-13(20-12)19-9-11(21)8-10-4-2-1-3-5-10/h1-7,11,21H,8-9H2,(H,18,19,20). The number of nitrogens with one attached hydrogen (secondary N) is 1. The van der Waals surface area contributed by atoms with Crippen LogP contribution in [0.2, 0.25) is 0 Å². The molecular weight excluding hydrogens is 283 g/mol. The molecule has 2 N–H and O–H groups in total. The SMILES string of the molecule is OC(CNc1nccc(C(F)(F)F)n1)Cc1ccccc1. The van der Waals surface area contributed by atoms with Crippen LogP contribution in [0.25, 0.3) is 0 Å². The molecule has 1 atom stereocenters. The maximum absolute atomic E-state index is 12.5. The van der Waals surface area contributed by atoms with Crippen LogP contribution in [0.4, 0.5) is 19.1 Å². The van der Waals surface area contributed by atoms with Gasteiger partial charge in [-0.25, -0.2) is 9.97 Å². The maximum atomic E-state index is 12.5. The van der Waals surface area contributed by atoms with Gasteiger partial charge in [-0.05, 0) is 11.6 Å². The molecule has 112 valence electrons. The molecule has 1 heterocycles. The van der Waals surface area contributed by atoms with Gasteiger partial charge >= 0.3 is 6.18 Å². The van der Waals surface area contributed by atoms with Crippen LogP contribution in [0.1, 0.15) is 11.3 Å². The highest BCUT2D eigenvalue weighted by molar-refractivity contribution is 5.26. The van der Waals surface area contributed by atoms with Crippen molar-refractivity contribution in [3.05, 3.63) is 53.9 Å². The number of halogens is 3. The van der Waals surface area contributed by atoms with Gasteiger partial charge in [0.15, 0.2) is 0 Å². The summed E-state index contributed by atoms with van der Waals surface area (Å²) < 4.78 is 37.5. The molecule has 2 aromatic rings. The van der Waals surface area contributed by atoms with Crippen molar-refractivity contribution in [2.75, 3.05) is 11.9 Å². The molecule has 0 aliphatic heterocycles. The summed E-state index contributed by atoms with van der Waals surface area (Å²) in [5.41, 5.74) is -0.0747. The lowest BCUT2D eigenvalue weighted by Gasteiger charge is -2.12. The molecule has 4 nitrogen and oxygen atoms in total. The fourth-order valence-corrected chi connectivity index (χ4v) is 1.77. The molecule has 1 aromatic heterocycles. The zero-order valence-electron chi connectivity index (χ0n) is 11.0. The minimum atomic E-state index is -4.51. The number of aliphatic hydroxyl groups excluding tert-OH is 1. The van der Waals surface area contributed by atoms with E-state index in [9.17, 15) is 18.3 Å². The van der Waals surface area contributed by atoms with Gasteiger partial charge in [-0.15, -0.1) is 0 Å². The summed E-state index contributed by atoms with van der Waals surface area (Å²) in [7, 11) is 0. The monoisotopic (exact) mass is 297 g/mol. The molecule has 0 aliphatic rings. The van der Waals surface area contributed by atoms with Gasteiger partial charge in [0, 0.05) is 19.2 Å². The van der Waals surface area contributed by atoms with E-state index < -0.39 is 18.0 Å². The molecule has 1 unspecified atom stereocenters. The Labute approximate surface area is 119 Å². The largest absolute Gasteiger partial charge is 0.433 e. The Hall–Kier alpha value is -2.15. The average Bonchev–Trinajstić information content (AvgIpc) is 2.46. The number of aliphatic hydroxyl groups is 1. The predicted octanol–water partition coefficient (Wildman–Crippen LogP) is 2.51. The molecular formula is C14H14F3N3O. The third-order valence-electron chi connectivity index (χ3n) is 2.76. The van der Waals surface area contributed by atoms with E-state index >= 15 is 0 Å². The number of nitrogens with zero attached hydrogens (tertiary/aromatic N) is 2. The van der Waals surface area contributed by atoms with Gasteiger partial charge in [0.2, 0.25) is 5.95 Å². The average molecular weight is 297 g/mol. The first-order chi connectivity index (χ1) is 9.95. The molecule has 0 fully saturated rings. The second-order valence-electron chi connectivity index (χ2n) is 4.49. The van der Waals surface area contributed by atoms with Crippen molar-refractivity contribution in [1.29, 1.82) is 0 Å². The van der Waals surface area contributed by atoms with Gasteiger partial charge in [0.1, 0.15) is 5.69 Å². The van der Waals surface area contributed by atoms with Crippen LogP contribution in [0.3, 0.4) is 0 Å². The second kappa shape index (κ2) is 6.53. The minimum Gasteiger partial charge on any atom is -0.391 e. The minimum absolute atomic E-state index is 0.0657. The fraction of sp³-hybridized carbons (Fsp3) is 0.286. The van der Waals surface area contributed by atoms with E-state index in [-0.39, 0.29) is 12.5 Å². The van der Waals surface area contributed by atoms with Crippen molar-refractivity contribution in [1.82, 2.24) is 9.97 Å². The highest BCUT2D eigenvalue weighted by Gasteiger charge is 2.32. The van der Waals surface area contributed by atoms with Crippen molar-refractivity contribution in [2.24, 2.45) is 0 Å². The Balaban J connectivity index is 1.91. The van der Waals surface area contributed by atoms with Crippen molar-refractivity contribution < 1.29 is 18.3 Å². The number of hydrogen-bond donors (Lipinski definition) is 2. The Bertz CT molecular complexity index is 575.